The number of aromatic nitrogens is 1. The lowest BCUT2D eigenvalue weighted by molar-refractivity contribution is 0.215. The highest BCUT2D eigenvalue weighted by Crippen LogP contribution is 2.19. The first-order valence-corrected chi connectivity index (χ1v) is 4.43. The molecule has 4 heteroatoms. The molecule has 15 heavy (non-hydrogen) atoms. The van der Waals surface area contributed by atoms with Crippen LogP contribution in [0.4, 0.5) is 4.79 Å². The molecule has 0 atom stereocenters. The molecule has 1 amide bonds. The van der Waals surface area contributed by atoms with E-state index in [1.54, 1.807) is 6.20 Å². The van der Waals surface area contributed by atoms with Crippen LogP contribution in [-0.4, -0.2) is 11.1 Å². The molecule has 0 N–H and O–H groups in total. The molecule has 2 heterocycles. The van der Waals surface area contributed by atoms with E-state index in [4.69, 9.17) is 4.74 Å². The summed E-state index contributed by atoms with van der Waals surface area (Å²) in [5.74, 6) is 0.420. The van der Waals surface area contributed by atoms with Gasteiger partial charge in [0.05, 0.1) is 0 Å². The number of hydrogen-bond donors (Lipinski definition) is 0. The SMILES string of the molecule is C=c1cc2cccnc2c2c1=NC(=O)O2. The molecule has 0 bridgehead atoms. The lowest BCUT2D eigenvalue weighted by atomic mass is 10.2. The van der Waals surface area contributed by atoms with Crippen LogP contribution in [0.2, 0.25) is 0 Å². The van der Waals surface area contributed by atoms with E-state index in [1.807, 2.05) is 18.2 Å². The Balaban J connectivity index is 2.59. The Morgan fingerprint density at radius 2 is 2.27 bits per heavy atom. The first kappa shape index (κ1) is 8.11. The van der Waals surface area contributed by atoms with Crippen molar-refractivity contribution in [2.24, 2.45) is 4.99 Å². The van der Waals surface area contributed by atoms with Crippen molar-refractivity contribution >= 4 is 23.6 Å². The summed E-state index contributed by atoms with van der Waals surface area (Å²) in [6.07, 6.45) is 1.05. The van der Waals surface area contributed by atoms with Crippen molar-refractivity contribution in [1.82, 2.24) is 4.98 Å². The second-order valence-electron chi connectivity index (χ2n) is 3.27. The average molecular weight is 198 g/mol. The number of hydrogen-bond acceptors (Lipinski definition) is 3. The van der Waals surface area contributed by atoms with E-state index < -0.39 is 6.09 Å². The molecule has 1 aromatic heterocycles. The molecule has 0 saturated heterocycles. The van der Waals surface area contributed by atoms with Crippen LogP contribution in [-0.2, 0) is 0 Å². The summed E-state index contributed by atoms with van der Waals surface area (Å²) in [6.45, 7) is 3.82. The highest BCUT2D eigenvalue weighted by atomic mass is 16.6. The van der Waals surface area contributed by atoms with Crippen molar-refractivity contribution in [1.29, 1.82) is 0 Å². The minimum Gasteiger partial charge on any atom is -0.404 e. The van der Waals surface area contributed by atoms with Crippen LogP contribution in [0.5, 0.6) is 5.75 Å². The lowest BCUT2D eigenvalue weighted by Gasteiger charge is -1.99. The predicted octanol–water partition coefficient (Wildman–Crippen LogP) is 0.777. The van der Waals surface area contributed by atoms with E-state index in [0.717, 1.165) is 5.39 Å². The monoisotopic (exact) mass is 198 g/mol. The Morgan fingerprint density at radius 1 is 1.40 bits per heavy atom. The van der Waals surface area contributed by atoms with Crippen LogP contribution >= 0.6 is 0 Å². The zero-order chi connectivity index (χ0) is 10.4. The van der Waals surface area contributed by atoms with E-state index in [2.05, 4.69) is 16.6 Å². The predicted molar refractivity (Wildman–Crippen MR) is 54.1 cm³/mol. The molecule has 2 aromatic rings. The summed E-state index contributed by atoms with van der Waals surface area (Å²) in [7, 11) is 0. The number of benzene rings is 1. The number of nitrogens with zero attached hydrogens (tertiary/aromatic N) is 2. The molecule has 0 fully saturated rings. The van der Waals surface area contributed by atoms with E-state index in [1.165, 1.54) is 0 Å². The smallest absolute Gasteiger partial charge is 0.404 e. The van der Waals surface area contributed by atoms with Gasteiger partial charge >= 0.3 is 6.09 Å². The lowest BCUT2D eigenvalue weighted by Crippen LogP contribution is -2.22. The third-order valence-corrected chi connectivity index (χ3v) is 2.30. The van der Waals surface area contributed by atoms with E-state index >= 15 is 0 Å². The van der Waals surface area contributed by atoms with Gasteiger partial charge in [-0.3, -0.25) is 4.98 Å². The Labute approximate surface area is 84.5 Å². The van der Waals surface area contributed by atoms with Crippen LogP contribution in [0, 0.1) is 0 Å². The number of carbonyl (C=O) groups excluding carboxylic acids is 1. The normalized spacial score (nSPS) is 13.5. The van der Waals surface area contributed by atoms with Crippen molar-refractivity contribution in [2.45, 2.75) is 0 Å². The topological polar surface area (TPSA) is 51.5 Å². The molecule has 0 unspecified atom stereocenters. The average Bonchev–Trinajstić information content (AvgIpc) is 2.61. The van der Waals surface area contributed by atoms with Gasteiger partial charge in [0.1, 0.15) is 10.9 Å². The van der Waals surface area contributed by atoms with Crippen molar-refractivity contribution in [3.63, 3.8) is 0 Å². The number of fused-ring (bicyclic) bond motifs is 3. The summed E-state index contributed by atoms with van der Waals surface area (Å²) >= 11 is 0. The zero-order valence-corrected chi connectivity index (χ0v) is 7.73. The highest BCUT2D eigenvalue weighted by molar-refractivity contribution is 5.89. The molecular formula is C11H6N2O2. The Bertz CT molecular complexity index is 692. The first-order chi connectivity index (χ1) is 7.25. The van der Waals surface area contributed by atoms with Gasteiger partial charge in [0, 0.05) is 11.6 Å². The molecule has 0 saturated carbocycles. The fourth-order valence-corrected chi connectivity index (χ4v) is 1.66. The van der Waals surface area contributed by atoms with Gasteiger partial charge in [0.2, 0.25) is 0 Å². The van der Waals surface area contributed by atoms with Crippen molar-refractivity contribution in [3.05, 3.63) is 35.0 Å². The minimum absolute atomic E-state index is 0.420. The summed E-state index contributed by atoms with van der Waals surface area (Å²) in [6, 6.07) is 5.55. The summed E-state index contributed by atoms with van der Waals surface area (Å²) in [5, 5.41) is 2.06. The van der Waals surface area contributed by atoms with Crippen LogP contribution in [0.1, 0.15) is 0 Å². The minimum atomic E-state index is -0.604. The van der Waals surface area contributed by atoms with Gasteiger partial charge in [-0.2, -0.15) is 4.99 Å². The standard InChI is InChI=1S/C11H6N2O2/c1-6-5-7-3-2-4-12-9(7)10-8(6)13-11(14)15-10/h2-5H,1H2. The Kier molecular flexibility index (Phi) is 1.42. The maximum Gasteiger partial charge on any atom is 0.439 e. The molecule has 0 spiro atoms. The third kappa shape index (κ3) is 1.05. The molecule has 0 radical (unpaired) electrons. The van der Waals surface area contributed by atoms with E-state index in [-0.39, 0.29) is 0 Å². The van der Waals surface area contributed by atoms with Crippen LogP contribution in [0.25, 0.3) is 17.5 Å². The van der Waals surface area contributed by atoms with Crippen LogP contribution in [0.3, 0.4) is 0 Å². The van der Waals surface area contributed by atoms with Crippen LogP contribution < -0.4 is 15.3 Å². The summed E-state index contributed by atoms with van der Waals surface area (Å²) in [4.78, 5) is 19.0. The van der Waals surface area contributed by atoms with Gasteiger partial charge in [-0.05, 0) is 17.4 Å². The number of ether oxygens (including phenoxy) is 1. The van der Waals surface area contributed by atoms with Crippen molar-refractivity contribution < 1.29 is 9.53 Å². The van der Waals surface area contributed by atoms with Gasteiger partial charge in [-0.1, -0.05) is 12.6 Å². The maximum atomic E-state index is 11.1. The molecular weight excluding hydrogens is 192 g/mol. The summed E-state index contributed by atoms with van der Waals surface area (Å²) in [5.41, 5.74) is 0.648. The summed E-state index contributed by atoms with van der Waals surface area (Å²) < 4.78 is 4.99. The maximum absolute atomic E-state index is 11.1. The van der Waals surface area contributed by atoms with Gasteiger partial charge < -0.3 is 4.74 Å². The Hall–Kier alpha value is -2.23. The zero-order valence-electron chi connectivity index (χ0n) is 7.73. The van der Waals surface area contributed by atoms with Gasteiger partial charge in [0.15, 0.2) is 5.75 Å². The number of amides is 1. The molecule has 1 aromatic carbocycles. The van der Waals surface area contributed by atoms with Crippen LogP contribution in [0.15, 0.2) is 29.4 Å². The fraction of sp³-hybridized carbons (Fsp3) is 0. The number of carbonyl (C=O) groups is 1. The molecule has 4 nitrogen and oxygen atoms in total. The molecule has 1 aliphatic rings. The Morgan fingerprint density at radius 3 is 3.13 bits per heavy atom. The largest absolute Gasteiger partial charge is 0.439 e. The van der Waals surface area contributed by atoms with E-state index in [0.29, 0.717) is 21.8 Å². The molecule has 1 aliphatic heterocycles. The quantitative estimate of drug-likeness (QED) is 0.628. The van der Waals surface area contributed by atoms with Gasteiger partial charge in [-0.15, -0.1) is 0 Å². The van der Waals surface area contributed by atoms with Crippen molar-refractivity contribution in [3.8, 4) is 5.75 Å². The fourth-order valence-electron chi connectivity index (χ4n) is 1.66. The van der Waals surface area contributed by atoms with Gasteiger partial charge in [-0.25, -0.2) is 4.79 Å². The first-order valence-electron chi connectivity index (χ1n) is 4.43. The third-order valence-electron chi connectivity index (χ3n) is 2.30. The number of rotatable bonds is 0. The highest BCUT2D eigenvalue weighted by Gasteiger charge is 2.18. The molecule has 72 valence electrons. The van der Waals surface area contributed by atoms with Gasteiger partial charge in [0.25, 0.3) is 0 Å². The second kappa shape index (κ2) is 2.63. The van der Waals surface area contributed by atoms with E-state index in [9.17, 15) is 4.79 Å². The second-order valence-corrected chi connectivity index (χ2v) is 3.27. The van der Waals surface area contributed by atoms with Crippen molar-refractivity contribution in [2.75, 3.05) is 0 Å². The number of pyridine rings is 1. The molecule has 0 aliphatic carbocycles. The molecule has 3 rings (SSSR count).